The van der Waals surface area contributed by atoms with E-state index < -0.39 is 47.8 Å². The molecule has 36 N–H and O–H groups in total. The smallest absolute Gasteiger partial charge is 0.189 e. The van der Waals surface area contributed by atoms with E-state index in [4.69, 9.17) is 84.5 Å². The van der Waals surface area contributed by atoms with Crippen LogP contribution in [-0.4, -0.2) is 165 Å². The predicted molar refractivity (Wildman–Crippen MR) is 130 cm³/mol. The molecule has 0 amide bonds. The van der Waals surface area contributed by atoms with Crippen LogP contribution in [0.15, 0.2) is 34.4 Å². The van der Waals surface area contributed by atoms with Gasteiger partial charge in [0.2, 0.25) is 0 Å². The minimum Gasteiger partial charge on any atom is -0.412 e. The van der Waals surface area contributed by atoms with Crippen LogP contribution in [0.1, 0.15) is 0 Å². The van der Waals surface area contributed by atoms with Gasteiger partial charge in [-0.05, 0) is 24.3 Å². The summed E-state index contributed by atoms with van der Waals surface area (Å²) in [4.78, 5) is 0. The zero-order chi connectivity index (χ0) is 21.4. The zero-order valence-corrected chi connectivity index (χ0v) is 40.0. The molecule has 0 aromatic rings. The summed E-state index contributed by atoms with van der Waals surface area (Å²) in [5, 5.41) is 96.8. The second kappa shape index (κ2) is 105. The summed E-state index contributed by atoms with van der Waals surface area (Å²) in [5.74, 6) is 0. The Balaban J connectivity index is -0.00000000729. The quantitative estimate of drug-likeness (QED) is 0.0872. The topological polar surface area (TPSA) is 621 Å². The van der Waals surface area contributed by atoms with E-state index in [0.717, 1.165) is 12.2 Å². The van der Waals surface area contributed by atoms with Crippen LogP contribution in [0.5, 0.6) is 0 Å². The first-order chi connectivity index (χ1) is 11.7. The van der Waals surface area contributed by atoms with Crippen molar-refractivity contribution in [1.29, 1.82) is 0 Å². The molecule has 0 aliphatic rings. The van der Waals surface area contributed by atoms with Crippen molar-refractivity contribution in [2.45, 2.75) is 37.7 Å². The van der Waals surface area contributed by atoms with E-state index >= 15 is 0 Å². The Kier molecular flexibility index (Phi) is 344. The molecule has 0 atom stereocenters. The van der Waals surface area contributed by atoms with Crippen molar-refractivity contribution in [2.75, 3.05) is 0 Å². The molecule has 0 heterocycles. The second-order valence-electron chi connectivity index (χ2n) is 3.89. The van der Waals surface area contributed by atoms with Crippen molar-refractivity contribution < 1.29 is 473 Å². The maximum Gasteiger partial charge on any atom is 0.189 e. The molecule has 0 spiro atoms. The molecule has 0 fully saturated rings. The molecule has 0 aromatic heterocycles. The van der Waals surface area contributed by atoms with Crippen LogP contribution in [0, 0.1) is 346 Å². The molecule has 33 heteroatoms. The summed E-state index contributed by atoms with van der Waals surface area (Å²) >= 11 is 10.1. The largest absolute Gasteiger partial charge is 0.412 e. The molecule has 0 bridgehead atoms. The van der Waals surface area contributed by atoms with Crippen LogP contribution in [0.25, 0.3) is 0 Å². The van der Waals surface area contributed by atoms with Gasteiger partial charge in [-0.25, -0.2) is 0 Å². The zero-order valence-electron chi connectivity index (χ0n) is 21.5. The molecular weight excluding hydrogens is 1660 g/mol. The van der Waals surface area contributed by atoms with Gasteiger partial charge in [-0.1, -0.05) is 23.2 Å². The predicted octanol–water partition coefficient (Wildman–Crippen LogP) is -14.3. The van der Waals surface area contributed by atoms with Crippen LogP contribution in [0.3, 0.4) is 0 Å². The third kappa shape index (κ3) is 152. The van der Waals surface area contributed by atoms with Crippen molar-refractivity contribution >= 4 is 23.2 Å². The summed E-state index contributed by atoms with van der Waals surface area (Å²) in [6.45, 7) is 0. The molecule has 0 aliphatic heterocycles. The maximum atomic E-state index is 8.20. The molecule has 0 aliphatic carbocycles. The number of aliphatic hydroxyl groups excluding tert-OH is 6. The van der Waals surface area contributed by atoms with Gasteiger partial charge in [0.1, 0.15) is 0 Å². The molecule has 45 heavy (non-hydrogen) atoms. The van der Waals surface area contributed by atoms with E-state index in [2.05, 4.69) is 0 Å². The Bertz CT molecular complexity index is 419. The standard InChI is InChI=1S/2C4H7ClO4.C4H8O4.7Eu.12H2O/c2*5-2(4(8)9)1-3(6)7;5-3(6)1-2-4(7)8;;;;;;;;;;;;;;;;;;;/h2*1,3-4,6-9H;1-8H;;;;;;;;12*1H2. The van der Waals surface area contributed by atoms with E-state index in [0.29, 0.717) is 12.2 Å². The maximum absolute atomic E-state index is 8.20. The van der Waals surface area contributed by atoms with Crippen molar-refractivity contribution in [2.24, 2.45) is 0 Å². The van der Waals surface area contributed by atoms with Gasteiger partial charge in [0.15, 0.2) is 37.7 Å². The van der Waals surface area contributed by atoms with Crippen molar-refractivity contribution in [1.82, 2.24) is 0 Å². The van der Waals surface area contributed by atoms with Gasteiger partial charge in [-0.15, -0.1) is 0 Å². The molecular formula is C12H46Cl2Eu7O24. The van der Waals surface area contributed by atoms with Crippen LogP contribution in [-0.2, 0) is 0 Å². The number of hydrogen-bond donors (Lipinski definition) is 12. The summed E-state index contributed by atoms with van der Waals surface area (Å²) in [5.41, 5.74) is 0. The molecule has 0 aromatic carbocycles. The normalized spacial score (nSPS) is 7.56. The van der Waals surface area contributed by atoms with Crippen LogP contribution in [0.4, 0.5) is 0 Å². The number of aliphatic hydroxyl groups is 12. The van der Waals surface area contributed by atoms with E-state index in [9.17, 15) is 0 Å². The molecule has 0 saturated heterocycles. The summed E-state index contributed by atoms with van der Waals surface area (Å²) in [6, 6.07) is 0. The number of rotatable bonds is 6. The number of halogens is 2. The van der Waals surface area contributed by atoms with Gasteiger partial charge >= 0.3 is 0 Å². The number of hydrogen-bond acceptors (Lipinski definition) is 12. The van der Waals surface area contributed by atoms with E-state index in [1.807, 2.05) is 0 Å². The molecule has 0 unspecified atom stereocenters. The Hall–Kier alpha value is 9.93. The minimum atomic E-state index is -1.84. The van der Waals surface area contributed by atoms with Gasteiger partial charge in [0.05, 0.1) is 10.1 Å². The van der Waals surface area contributed by atoms with Crippen molar-refractivity contribution in [3.63, 3.8) is 0 Å². The summed E-state index contributed by atoms with van der Waals surface area (Å²) < 4.78 is 0. The van der Waals surface area contributed by atoms with Gasteiger partial charge in [0.25, 0.3) is 0 Å². The third-order valence-corrected chi connectivity index (χ3v) is 2.21. The van der Waals surface area contributed by atoms with Gasteiger partial charge in [-0.2, -0.15) is 0 Å². The van der Waals surface area contributed by atoms with E-state index in [1.165, 1.54) is 0 Å². The minimum absolute atomic E-state index is 0. The van der Waals surface area contributed by atoms with Crippen LogP contribution >= 0.6 is 23.2 Å². The SMILES string of the molecule is O.O.O.O.O.O.O.O.O.O.O.O.OC(O)C=C(Cl)C(O)O.OC(O)C=C(Cl)C(O)O.OC(O)C=CC(O)O.[Eu].[Eu].[Eu].[Eu].[Eu].[Eu].[Eu]. The molecule has 0 saturated carbocycles. The first-order valence-corrected chi connectivity index (χ1v) is 7.05. The Morgan fingerprint density at radius 1 is 0.311 bits per heavy atom. The molecule has 7 radical (unpaired) electrons. The van der Waals surface area contributed by atoms with Gasteiger partial charge in [0, 0.05) is 346 Å². The fraction of sp³-hybridized carbons (Fsp3) is 0.500. The van der Waals surface area contributed by atoms with E-state index in [1.54, 1.807) is 0 Å². The monoisotopic (exact) mass is 1710 g/mol. The average molecular weight is 1710 g/mol. The molecule has 0 rings (SSSR count). The van der Waals surface area contributed by atoms with Crippen LogP contribution < -0.4 is 0 Å². The molecule has 301 valence electrons. The Morgan fingerprint density at radius 2 is 0.444 bits per heavy atom. The molecule has 24 nitrogen and oxygen atoms in total. The first-order valence-electron chi connectivity index (χ1n) is 6.30. The summed E-state index contributed by atoms with van der Waals surface area (Å²) in [7, 11) is 0. The summed E-state index contributed by atoms with van der Waals surface area (Å²) in [6.07, 6.45) is -7.30. The average Bonchev–Trinajstić information content (AvgIpc) is 2.44. The first kappa shape index (κ1) is 147. The second-order valence-corrected chi connectivity index (χ2v) is 4.76. The van der Waals surface area contributed by atoms with Gasteiger partial charge in [-0.3, -0.25) is 0 Å². The fourth-order valence-electron chi connectivity index (χ4n) is 0.656. The van der Waals surface area contributed by atoms with Crippen molar-refractivity contribution in [3.8, 4) is 0 Å². The van der Waals surface area contributed by atoms with E-state index in [-0.39, 0.29) is 411 Å². The Morgan fingerprint density at radius 3 is 0.489 bits per heavy atom. The fourth-order valence-corrected chi connectivity index (χ4v) is 0.881. The van der Waals surface area contributed by atoms with Crippen molar-refractivity contribution in [3.05, 3.63) is 34.4 Å². The third-order valence-electron chi connectivity index (χ3n) is 1.57. The Labute approximate surface area is 552 Å². The van der Waals surface area contributed by atoms with Gasteiger partial charge < -0.3 is 127 Å². The van der Waals surface area contributed by atoms with Crippen LogP contribution in [0.2, 0.25) is 0 Å².